The van der Waals surface area contributed by atoms with E-state index in [0.29, 0.717) is 10.9 Å². The second-order valence-electron chi connectivity index (χ2n) is 7.62. The fraction of sp³-hybridized carbons (Fsp3) is 0.318. The Morgan fingerprint density at radius 3 is 2.81 bits per heavy atom. The van der Waals surface area contributed by atoms with Crippen LogP contribution in [0.1, 0.15) is 37.4 Å². The fourth-order valence-electron chi connectivity index (χ4n) is 3.72. The van der Waals surface area contributed by atoms with E-state index < -0.39 is 17.0 Å². The highest BCUT2D eigenvalue weighted by Crippen LogP contribution is 2.38. The van der Waals surface area contributed by atoms with E-state index in [1.807, 2.05) is 32.0 Å². The number of benzene rings is 1. The lowest BCUT2D eigenvalue weighted by Gasteiger charge is -2.16. The number of fused-ring (bicyclic) bond motifs is 1. The van der Waals surface area contributed by atoms with E-state index in [-0.39, 0.29) is 6.04 Å². The average Bonchev–Trinajstić information content (AvgIpc) is 3.44. The smallest absolute Gasteiger partial charge is 0.331 e. The first-order chi connectivity index (χ1) is 15.0. The Morgan fingerprint density at radius 1 is 1.23 bits per heavy atom. The third-order valence-electron chi connectivity index (χ3n) is 5.26. The number of nitrogens with zero attached hydrogens (tertiary/aromatic N) is 3. The molecule has 2 amide bonds. The van der Waals surface area contributed by atoms with Gasteiger partial charge >= 0.3 is 6.03 Å². The van der Waals surface area contributed by atoms with Crippen LogP contribution in [0.2, 0.25) is 0 Å². The van der Waals surface area contributed by atoms with Crippen molar-refractivity contribution in [1.82, 2.24) is 19.5 Å². The third-order valence-corrected chi connectivity index (χ3v) is 6.23. The van der Waals surface area contributed by atoms with Gasteiger partial charge in [-0.05, 0) is 61.9 Å². The number of rotatable bonds is 6. The number of aromatic nitrogens is 3. The van der Waals surface area contributed by atoms with Crippen LogP contribution < -0.4 is 14.8 Å². The summed E-state index contributed by atoms with van der Waals surface area (Å²) in [5, 5.41) is 7.51. The SMILES string of the molecule is COc1cc(-c2ccc3c(c2NC(=O)NS(=O)c2ccn(C(C)C)n2)CCC3)ccn1. The first-order valence-corrected chi connectivity index (χ1v) is 11.3. The molecule has 0 fully saturated rings. The molecule has 2 N–H and O–H groups in total. The molecule has 9 heteroatoms. The number of urea groups is 1. The number of anilines is 1. The standard InChI is InChI=1S/C22H25N5O3S/c1-14(2)27-12-10-20(25-27)31(29)26-22(28)24-21-17-6-4-5-15(17)7-8-18(21)16-9-11-23-19(13-16)30-3/h7-14H,4-6H2,1-3H3,(H2,24,26,28). The van der Waals surface area contributed by atoms with Crippen LogP contribution in [0, 0.1) is 0 Å². The largest absolute Gasteiger partial charge is 0.481 e. The van der Waals surface area contributed by atoms with E-state index in [2.05, 4.69) is 26.2 Å². The van der Waals surface area contributed by atoms with E-state index in [9.17, 15) is 9.00 Å². The molecule has 0 aliphatic heterocycles. The van der Waals surface area contributed by atoms with Crippen molar-refractivity contribution in [1.29, 1.82) is 0 Å². The van der Waals surface area contributed by atoms with Gasteiger partial charge in [0.15, 0.2) is 16.0 Å². The van der Waals surface area contributed by atoms with Crippen molar-refractivity contribution in [2.75, 3.05) is 12.4 Å². The van der Waals surface area contributed by atoms with Crippen molar-refractivity contribution >= 4 is 22.7 Å². The lowest BCUT2D eigenvalue weighted by Crippen LogP contribution is -2.31. The van der Waals surface area contributed by atoms with Gasteiger partial charge in [-0.2, -0.15) is 5.10 Å². The summed E-state index contributed by atoms with van der Waals surface area (Å²) in [6.07, 6.45) is 6.31. The molecule has 2 heterocycles. The van der Waals surface area contributed by atoms with Gasteiger partial charge in [0, 0.05) is 30.1 Å². The average molecular weight is 440 g/mol. The Bertz CT molecular complexity index is 1140. The predicted octanol–water partition coefficient (Wildman–Crippen LogP) is 3.87. The summed E-state index contributed by atoms with van der Waals surface area (Å²) < 4.78 is 22.0. The molecule has 8 nitrogen and oxygen atoms in total. The fourth-order valence-corrected chi connectivity index (χ4v) is 4.40. The van der Waals surface area contributed by atoms with Gasteiger partial charge in [-0.1, -0.05) is 12.1 Å². The highest BCUT2D eigenvalue weighted by atomic mass is 32.2. The van der Waals surface area contributed by atoms with Crippen molar-refractivity contribution in [2.45, 2.75) is 44.2 Å². The zero-order valence-corrected chi connectivity index (χ0v) is 18.5. The molecule has 0 spiro atoms. The Hall–Kier alpha value is -3.20. The van der Waals surface area contributed by atoms with Gasteiger partial charge in [-0.15, -0.1) is 0 Å². The van der Waals surface area contributed by atoms with E-state index in [1.54, 1.807) is 30.3 Å². The van der Waals surface area contributed by atoms with Crippen LogP contribution in [0.4, 0.5) is 10.5 Å². The van der Waals surface area contributed by atoms with Gasteiger partial charge < -0.3 is 10.1 Å². The summed E-state index contributed by atoms with van der Waals surface area (Å²) in [7, 11) is -0.195. The van der Waals surface area contributed by atoms with Gasteiger partial charge in [0.1, 0.15) is 0 Å². The topological polar surface area (TPSA) is 98.1 Å². The number of aryl methyl sites for hydroxylation is 1. The molecule has 3 aromatic rings. The zero-order chi connectivity index (χ0) is 22.0. The van der Waals surface area contributed by atoms with Gasteiger partial charge in [0.05, 0.1) is 12.8 Å². The van der Waals surface area contributed by atoms with E-state index >= 15 is 0 Å². The zero-order valence-electron chi connectivity index (χ0n) is 17.7. The number of hydrogen-bond donors (Lipinski definition) is 2. The van der Waals surface area contributed by atoms with Crippen LogP contribution in [-0.4, -0.2) is 32.1 Å². The highest BCUT2D eigenvalue weighted by molar-refractivity contribution is 7.83. The molecule has 0 radical (unpaired) electrons. The molecule has 0 bridgehead atoms. The molecule has 1 aliphatic carbocycles. The molecule has 0 saturated carbocycles. The molecular weight excluding hydrogens is 414 g/mol. The Morgan fingerprint density at radius 2 is 2.06 bits per heavy atom. The van der Waals surface area contributed by atoms with Crippen molar-refractivity contribution in [3.05, 3.63) is 53.9 Å². The number of carbonyl (C=O) groups is 1. The van der Waals surface area contributed by atoms with Crippen LogP contribution >= 0.6 is 0 Å². The molecule has 0 saturated heterocycles. The number of hydrogen-bond acceptors (Lipinski definition) is 5. The highest BCUT2D eigenvalue weighted by Gasteiger charge is 2.22. The quantitative estimate of drug-likeness (QED) is 0.608. The van der Waals surface area contributed by atoms with Crippen molar-refractivity contribution in [2.24, 2.45) is 0 Å². The van der Waals surface area contributed by atoms with Gasteiger partial charge in [-0.3, -0.25) is 9.40 Å². The summed E-state index contributed by atoms with van der Waals surface area (Å²) in [6, 6.07) is 9.05. The van der Waals surface area contributed by atoms with Crippen molar-refractivity contribution < 1.29 is 13.7 Å². The number of ether oxygens (including phenoxy) is 1. The second kappa shape index (κ2) is 8.89. The number of pyridine rings is 1. The number of methoxy groups -OCH3 is 1. The molecular formula is C22H25N5O3S. The molecule has 162 valence electrons. The first-order valence-electron chi connectivity index (χ1n) is 10.2. The monoisotopic (exact) mass is 439 g/mol. The van der Waals surface area contributed by atoms with Crippen LogP contribution in [0.25, 0.3) is 11.1 Å². The molecule has 2 aromatic heterocycles. The first kappa shape index (κ1) is 21.0. The van der Waals surface area contributed by atoms with E-state index in [4.69, 9.17) is 4.74 Å². The Balaban J connectivity index is 1.60. The maximum absolute atomic E-state index is 12.8. The second-order valence-corrected chi connectivity index (χ2v) is 8.78. The Kier molecular flexibility index (Phi) is 6.03. The summed E-state index contributed by atoms with van der Waals surface area (Å²) >= 11 is 0. The van der Waals surface area contributed by atoms with Crippen LogP contribution in [-0.2, 0) is 23.8 Å². The number of nitrogens with one attached hydrogen (secondary N) is 2. The minimum absolute atomic E-state index is 0.145. The van der Waals surface area contributed by atoms with E-state index in [0.717, 1.165) is 41.6 Å². The third kappa shape index (κ3) is 4.46. The summed E-state index contributed by atoms with van der Waals surface area (Å²) in [6.45, 7) is 3.96. The van der Waals surface area contributed by atoms with Crippen molar-refractivity contribution in [3.8, 4) is 17.0 Å². The van der Waals surface area contributed by atoms with Crippen molar-refractivity contribution in [3.63, 3.8) is 0 Å². The predicted molar refractivity (Wildman–Crippen MR) is 119 cm³/mol. The minimum atomic E-state index is -1.76. The van der Waals surface area contributed by atoms with Crippen LogP contribution in [0.5, 0.6) is 5.88 Å². The van der Waals surface area contributed by atoms with Gasteiger partial charge in [-0.25, -0.2) is 14.0 Å². The molecule has 1 atom stereocenters. The molecule has 4 rings (SSSR count). The molecule has 1 unspecified atom stereocenters. The molecule has 1 aliphatic rings. The van der Waals surface area contributed by atoms with Gasteiger partial charge in [0.2, 0.25) is 5.88 Å². The number of carbonyl (C=O) groups excluding carboxylic acids is 1. The van der Waals surface area contributed by atoms with Crippen LogP contribution in [0.3, 0.4) is 0 Å². The maximum atomic E-state index is 12.8. The van der Waals surface area contributed by atoms with Gasteiger partial charge in [0.25, 0.3) is 0 Å². The molecule has 31 heavy (non-hydrogen) atoms. The summed E-state index contributed by atoms with van der Waals surface area (Å²) in [5.41, 5.74) is 4.81. The lowest BCUT2D eigenvalue weighted by molar-refractivity contribution is 0.257. The van der Waals surface area contributed by atoms with E-state index in [1.165, 1.54) is 5.56 Å². The minimum Gasteiger partial charge on any atom is -0.481 e. The normalized spacial score (nSPS) is 13.7. The number of amides is 2. The molecule has 1 aromatic carbocycles. The maximum Gasteiger partial charge on any atom is 0.331 e. The summed E-state index contributed by atoms with van der Waals surface area (Å²) in [4.78, 5) is 16.9. The van der Waals surface area contributed by atoms with Crippen LogP contribution in [0.15, 0.2) is 47.8 Å². The lowest BCUT2D eigenvalue weighted by atomic mass is 9.98. The summed E-state index contributed by atoms with van der Waals surface area (Å²) in [5.74, 6) is 0.496. The Labute approximate surface area is 183 Å².